The van der Waals surface area contributed by atoms with E-state index < -0.39 is 0 Å². The van der Waals surface area contributed by atoms with Crippen LogP contribution in [0.25, 0.3) is 0 Å². The molecular formula is C11H8O. The van der Waals surface area contributed by atoms with Crippen molar-refractivity contribution in [1.82, 2.24) is 0 Å². The van der Waals surface area contributed by atoms with E-state index in [1.807, 2.05) is 18.2 Å². The summed E-state index contributed by atoms with van der Waals surface area (Å²) in [6, 6.07) is 9.00. The van der Waals surface area contributed by atoms with Gasteiger partial charge in [-0.3, -0.25) is 4.79 Å². The van der Waals surface area contributed by atoms with Gasteiger partial charge in [0.2, 0.25) is 0 Å². The molecule has 0 amide bonds. The highest BCUT2D eigenvalue weighted by Gasteiger charge is 1.97. The standard InChI is InChI=1S/C11H8O/c1-2-3-9-11(12)10-7-5-4-6-8-10/h1,3-9H/b9-3+. The van der Waals surface area contributed by atoms with Crippen LogP contribution in [0.3, 0.4) is 0 Å². The lowest BCUT2D eigenvalue weighted by atomic mass is 10.1. The molecule has 0 aromatic heterocycles. The molecule has 0 heterocycles. The van der Waals surface area contributed by atoms with Gasteiger partial charge in [-0.25, -0.2) is 0 Å². The third kappa shape index (κ3) is 2.10. The highest BCUT2D eigenvalue weighted by atomic mass is 16.1. The lowest BCUT2D eigenvalue weighted by Gasteiger charge is -1.91. The summed E-state index contributed by atoms with van der Waals surface area (Å²) in [6.45, 7) is 0. The molecular weight excluding hydrogens is 148 g/mol. The lowest BCUT2D eigenvalue weighted by Crippen LogP contribution is -1.92. The van der Waals surface area contributed by atoms with E-state index in [2.05, 4.69) is 5.92 Å². The number of allylic oxidation sites excluding steroid dienone is 2. The molecule has 0 aliphatic heterocycles. The molecule has 0 N–H and O–H groups in total. The zero-order chi connectivity index (χ0) is 8.81. The van der Waals surface area contributed by atoms with Crippen molar-refractivity contribution in [3.05, 3.63) is 48.0 Å². The van der Waals surface area contributed by atoms with E-state index in [4.69, 9.17) is 6.42 Å². The number of benzene rings is 1. The van der Waals surface area contributed by atoms with Gasteiger partial charge < -0.3 is 0 Å². The number of carbonyl (C=O) groups is 1. The third-order valence-corrected chi connectivity index (χ3v) is 1.39. The van der Waals surface area contributed by atoms with E-state index in [-0.39, 0.29) is 5.78 Å². The van der Waals surface area contributed by atoms with Crippen LogP contribution < -0.4 is 0 Å². The summed E-state index contributed by atoms with van der Waals surface area (Å²) in [5.74, 6) is 2.21. The topological polar surface area (TPSA) is 17.1 Å². The average molecular weight is 156 g/mol. The van der Waals surface area contributed by atoms with Crippen molar-refractivity contribution in [3.8, 4) is 12.3 Å². The maximum atomic E-state index is 11.2. The molecule has 0 fully saturated rings. The van der Waals surface area contributed by atoms with Crippen molar-refractivity contribution in [1.29, 1.82) is 0 Å². The van der Waals surface area contributed by atoms with Gasteiger partial charge in [0.1, 0.15) is 0 Å². The number of ketones is 1. The molecule has 0 unspecified atom stereocenters. The zero-order valence-electron chi connectivity index (χ0n) is 6.53. The molecule has 0 atom stereocenters. The molecule has 1 aromatic rings. The van der Waals surface area contributed by atoms with E-state index in [1.165, 1.54) is 12.2 Å². The van der Waals surface area contributed by atoms with Crippen molar-refractivity contribution in [2.45, 2.75) is 0 Å². The Kier molecular flexibility index (Phi) is 2.87. The molecule has 1 nitrogen and oxygen atoms in total. The van der Waals surface area contributed by atoms with E-state index in [1.54, 1.807) is 12.1 Å². The van der Waals surface area contributed by atoms with E-state index >= 15 is 0 Å². The predicted molar refractivity (Wildman–Crippen MR) is 48.7 cm³/mol. The molecule has 0 radical (unpaired) electrons. The average Bonchev–Trinajstić information content (AvgIpc) is 2.15. The number of hydrogen-bond acceptors (Lipinski definition) is 1. The molecule has 0 aliphatic rings. The first kappa shape index (κ1) is 8.29. The number of hydrogen-bond donors (Lipinski definition) is 0. The minimum Gasteiger partial charge on any atom is -0.289 e. The highest BCUT2D eigenvalue weighted by Crippen LogP contribution is 1.99. The summed E-state index contributed by atoms with van der Waals surface area (Å²) in [7, 11) is 0. The van der Waals surface area contributed by atoms with Crippen molar-refractivity contribution < 1.29 is 4.79 Å². The quantitative estimate of drug-likeness (QED) is 0.364. The largest absolute Gasteiger partial charge is 0.289 e. The van der Waals surface area contributed by atoms with Gasteiger partial charge in [-0.15, -0.1) is 6.42 Å². The molecule has 0 saturated heterocycles. The lowest BCUT2D eigenvalue weighted by molar-refractivity contribution is 0.104. The zero-order valence-corrected chi connectivity index (χ0v) is 6.53. The SMILES string of the molecule is C#C/C=C/C(=O)c1ccccc1. The first-order valence-electron chi connectivity index (χ1n) is 3.56. The fourth-order valence-corrected chi connectivity index (χ4v) is 0.822. The molecule has 0 bridgehead atoms. The summed E-state index contributed by atoms with van der Waals surface area (Å²) in [4.78, 5) is 11.2. The van der Waals surface area contributed by atoms with Crippen LogP contribution in [0.4, 0.5) is 0 Å². The fourth-order valence-electron chi connectivity index (χ4n) is 0.822. The Morgan fingerprint density at radius 3 is 2.58 bits per heavy atom. The van der Waals surface area contributed by atoms with Gasteiger partial charge in [0.05, 0.1) is 0 Å². The molecule has 12 heavy (non-hydrogen) atoms. The van der Waals surface area contributed by atoms with Crippen molar-refractivity contribution >= 4 is 5.78 Å². The second-order valence-electron chi connectivity index (χ2n) is 2.23. The number of carbonyl (C=O) groups excluding carboxylic acids is 1. The molecule has 0 saturated carbocycles. The molecule has 1 heteroatoms. The van der Waals surface area contributed by atoms with Crippen LogP contribution in [-0.2, 0) is 0 Å². The van der Waals surface area contributed by atoms with Gasteiger partial charge >= 0.3 is 0 Å². The Labute approximate surface area is 71.7 Å². The third-order valence-electron chi connectivity index (χ3n) is 1.39. The van der Waals surface area contributed by atoms with Crippen LogP contribution in [0.5, 0.6) is 0 Å². The van der Waals surface area contributed by atoms with Crippen LogP contribution >= 0.6 is 0 Å². The number of rotatable bonds is 2. The monoisotopic (exact) mass is 156 g/mol. The van der Waals surface area contributed by atoms with Gasteiger partial charge in [-0.2, -0.15) is 0 Å². The van der Waals surface area contributed by atoms with Gasteiger partial charge in [0, 0.05) is 5.56 Å². The van der Waals surface area contributed by atoms with Gasteiger partial charge in [0.25, 0.3) is 0 Å². The second-order valence-corrected chi connectivity index (χ2v) is 2.23. The second kappa shape index (κ2) is 4.15. The van der Waals surface area contributed by atoms with Gasteiger partial charge in [-0.05, 0) is 12.2 Å². The van der Waals surface area contributed by atoms with Crippen LogP contribution in [0, 0.1) is 12.3 Å². The number of terminal acetylenes is 1. The molecule has 58 valence electrons. The molecule has 1 rings (SSSR count). The molecule has 0 aliphatic carbocycles. The minimum absolute atomic E-state index is 0.0615. The highest BCUT2D eigenvalue weighted by molar-refractivity contribution is 6.04. The summed E-state index contributed by atoms with van der Waals surface area (Å²) < 4.78 is 0. The Balaban J connectivity index is 2.81. The minimum atomic E-state index is -0.0615. The normalized spacial score (nSPS) is 9.58. The van der Waals surface area contributed by atoms with Crippen LogP contribution in [0.15, 0.2) is 42.5 Å². The van der Waals surface area contributed by atoms with E-state index in [0.717, 1.165) is 0 Å². The van der Waals surface area contributed by atoms with E-state index in [0.29, 0.717) is 5.56 Å². The molecule has 0 spiro atoms. The summed E-state index contributed by atoms with van der Waals surface area (Å²) in [5.41, 5.74) is 0.656. The van der Waals surface area contributed by atoms with Gasteiger partial charge in [-0.1, -0.05) is 36.3 Å². The first-order valence-corrected chi connectivity index (χ1v) is 3.56. The summed E-state index contributed by atoms with van der Waals surface area (Å²) in [6.07, 6.45) is 7.75. The van der Waals surface area contributed by atoms with Crippen LogP contribution in [0.2, 0.25) is 0 Å². The Bertz CT molecular complexity index is 328. The first-order chi connectivity index (χ1) is 5.84. The Hall–Kier alpha value is -1.81. The van der Waals surface area contributed by atoms with Gasteiger partial charge in [0.15, 0.2) is 5.78 Å². The van der Waals surface area contributed by atoms with E-state index in [9.17, 15) is 4.79 Å². The van der Waals surface area contributed by atoms with Crippen LogP contribution in [-0.4, -0.2) is 5.78 Å². The molecule has 1 aromatic carbocycles. The fraction of sp³-hybridized carbons (Fsp3) is 0. The summed E-state index contributed by atoms with van der Waals surface area (Å²) in [5, 5.41) is 0. The van der Waals surface area contributed by atoms with Crippen molar-refractivity contribution in [2.24, 2.45) is 0 Å². The summed E-state index contributed by atoms with van der Waals surface area (Å²) >= 11 is 0. The Morgan fingerprint density at radius 1 is 1.33 bits per heavy atom. The van der Waals surface area contributed by atoms with Crippen molar-refractivity contribution in [2.75, 3.05) is 0 Å². The smallest absolute Gasteiger partial charge is 0.186 e. The predicted octanol–water partition coefficient (Wildman–Crippen LogP) is 2.06. The van der Waals surface area contributed by atoms with Crippen molar-refractivity contribution in [3.63, 3.8) is 0 Å². The maximum Gasteiger partial charge on any atom is 0.186 e. The maximum absolute atomic E-state index is 11.2. The Morgan fingerprint density at radius 2 is 2.00 bits per heavy atom. The van der Waals surface area contributed by atoms with Crippen LogP contribution in [0.1, 0.15) is 10.4 Å².